The second-order valence-electron chi connectivity index (χ2n) is 6.11. The van der Waals surface area contributed by atoms with Crippen LogP contribution in [0.4, 0.5) is 11.4 Å². The smallest absolute Gasteiger partial charge is 0.550 e. The summed E-state index contributed by atoms with van der Waals surface area (Å²) >= 11 is 0. The number of carbonyl (C=O) groups is 2. The van der Waals surface area contributed by atoms with Gasteiger partial charge in [0.25, 0.3) is 0 Å². The van der Waals surface area contributed by atoms with Crippen LogP contribution >= 0.6 is 0 Å². The van der Waals surface area contributed by atoms with Crippen molar-refractivity contribution in [2.24, 2.45) is 9.98 Å². The van der Waals surface area contributed by atoms with Crippen molar-refractivity contribution in [2.45, 2.75) is 13.8 Å². The second kappa shape index (κ2) is 15.8. The summed E-state index contributed by atoms with van der Waals surface area (Å²) in [5.74, 6) is -1.81. The Bertz CT molecular complexity index is 1010. The number of carboxylic acid groups (broad SMARTS) is 2. The number of hydrogen-bond donors (Lipinski definition) is 2. The predicted octanol–water partition coefficient (Wildman–Crippen LogP) is 2.11. The fourth-order valence-corrected chi connectivity index (χ4v) is 2.15. The first-order chi connectivity index (χ1) is 15.2. The minimum atomic E-state index is -1.08. The van der Waals surface area contributed by atoms with E-state index >= 15 is 0 Å². The average Bonchev–Trinajstić information content (AvgIpc) is 2.72. The summed E-state index contributed by atoms with van der Waals surface area (Å²) in [6, 6.07) is 21.4. The number of nitrogens with zero attached hydrogens (tertiary/aromatic N) is 2. The summed E-state index contributed by atoms with van der Waals surface area (Å²) in [6.07, 6.45) is 3.20. The molecule has 9 heteroatoms. The Kier molecular flexibility index (Phi) is 13.9. The number of aliphatic carboxylic acids is 2. The zero-order valence-electron chi connectivity index (χ0n) is 17.8. The molecule has 0 saturated carbocycles. The number of phenolic OH excluding ortho intramolecular Hbond substituents is 2. The molecule has 3 aromatic carbocycles. The van der Waals surface area contributed by atoms with Gasteiger partial charge in [0.05, 0.1) is 11.4 Å². The zero-order chi connectivity index (χ0) is 23.9. The largest absolute Gasteiger partial charge is 2.00 e. The van der Waals surface area contributed by atoms with Crippen molar-refractivity contribution < 1.29 is 46.8 Å². The summed E-state index contributed by atoms with van der Waals surface area (Å²) in [5, 5.41) is 37.4. The van der Waals surface area contributed by atoms with Gasteiger partial charge in [-0.15, -0.1) is 0 Å². The van der Waals surface area contributed by atoms with Crippen molar-refractivity contribution >= 4 is 35.7 Å². The van der Waals surface area contributed by atoms with Crippen molar-refractivity contribution in [3.63, 3.8) is 0 Å². The van der Waals surface area contributed by atoms with Gasteiger partial charge in [0, 0.05) is 35.5 Å². The second-order valence-corrected chi connectivity index (χ2v) is 6.11. The standard InChI is InChI=1S/C20H16N2O2.2C2H4O2.Co/c23-19-11-5-1-7-15(19)13-21-17-9-3-4-10-18(17)22-14-16-8-2-6-12-20(16)24;2*1-2(3)4;/h1-14,23-24H;2*1H3,(H,3,4);/q;;;+2/p-2. The van der Waals surface area contributed by atoms with Crippen LogP contribution in [0, 0.1) is 0 Å². The maximum Gasteiger partial charge on any atom is 2.00 e. The van der Waals surface area contributed by atoms with Crippen molar-refractivity contribution in [1.29, 1.82) is 0 Å². The first kappa shape index (κ1) is 29.0. The third-order valence-electron chi connectivity index (χ3n) is 3.44. The number of benzene rings is 3. The van der Waals surface area contributed by atoms with Gasteiger partial charge in [-0.2, -0.15) is 0 Å². The number of aromatic hydroxyl groups is 2. The maximum atomic E-state index is 9.79. The van der Waals surface area contributed by atoms with Crippen LogP contribution in [0.15, 0.2) is 82.8 Å². The van der Waals surface area contributed by atoms with E-state index in [-0.39, 0.29) is 28.3 Å². The molecule has 0 atom stereocenters. The Morgan fingerprint density at radius 1 is 0.667 bits per heavy atom. The molecule has 0 fully saturated rings. The molecule has 0 bridgehead atoms. The number of rotatable bonds is 4. The van der Waals surface area contributed by atoms with Crippen LogP contribution in [0.1, 0.15) is 25.0 Å². The molecule has 0 aliphatic rings. The van der Waals surface area contributed by atoms with Crippen molar-refractivity contribution in [3.8, 4) is 11.5 Å². The van der Waals surface area contributed by atoms with Gasteiger partial charge < -0.3 is 30.0 Å². The molecular formula is C24H22CoN2O6. The Morgan fingerprint density at radius 3 is 1.24 bits per heavy atom. The fraction of sp³-hybridized carbons (Fsp3) is 0.0833. The zero-order valence-corrected chi connectivity index (χ0v) is 18.9. The number of aliphatic imine (C=N–C) groups is 2. The fourth-order valence-electron chi connectivity index (χ4n) is 2.15. The molecule has 3 aromatic rings. The van der Waals surface area contributed by atoms with Crippen LogP contribution in [0.25, 0.3) is 0 Å². The SMILES string of the molecule is CC(=O)[O-].CC(=O)[O-].Oc1ccccc1C=Nc1ccccc1N=Cc1ccccc1O.[Co+2]. The molecule has 0 aliphatic carbocycles. The molecule has 0 aliphatic heterocycles. The summed E-state index contributed by atoms with van der Waals surface area (Å²) in [5.41, 5.74) is 2.62. The van der Waals surface area contributed by atoms with Gasteiger partial charge in [-0.3, -0.25) is 9.98 Å². The number of carbonyl (C=O) groups excluding carboxylic acids is 2. The molecule has 33 heavy (non-hydrogen) atoms. The molecule has 8 nitrogen and oxygen atoms in total. The Hall–Kier alpha value is -3.95. The van der Waals surface area contributed by atoms with Crippen LogP contribution in [0.5, 0.6) is 11.5 Å². The van der Waals surface area contributed by atoms with E-state index in [0.29, 0.717) is 22.5 Å². The minimum Gasteiger partial charge on any atom is -0.550 e. The summed E-state index contributed by atoms with van der Waals surface area (Å²) < 4.78 is 0. The molecule has 0 aromatic heterocycles. The molecule has 0 amide bonds. The quantitative estimate of drug-likeness (QED) is 0.533. The van der Waals surface area contributed by atoms with E-state index in [0.717, 1.165) is 13.8 Å². The van der Waals surface area contributed by atoms with Crippen molar-refractivity contribution in [1.82, 2.24) is 0 Å². The van der Waals surface area contributed by atoms with Gasteiger partial charge in [0.2, 0.25) is 0 Å². The van der Waals surface area contributed by atoms with Crippen LogP contribution in [-0.4, -0.2) is 34.6 Å². The third kappa shape index (κ3) is 12.5. The normalized spacial score (nSPS) is 9.76. The molecule has 2 N–H and O–H groups in total. The number of phenols is 2. The maximum absolute atomic E-state index is 9.79. The Balaban J connectivity index is 0.000000991. The minimum absolute atomic E-state index is 0. The number of hydrogen-bond acceptors (Lipinski definition) is 8. The molecule has 1 radical (unpaired) electrons. The van der Waals surface area contributed by atoms with Gasteiger partial charge >= 0.3 is 16.8 Å². The van der Waals surface area contributed by atoms with E-state index < -0.39 is 11.9 Å². The molecule has 3 rings (SSSR count). The number of carboxylic acids is 2. The van der Waals surface area contributed by atoms with Crippen LogP contribution < -0.4 is 10.2 Å². The number of para-hydroxylation sites is 4. The van der Waals surface area contributed by atoms with Gasteiger partial charge in [0.15, 0.2) is 0 Å². The van der Waals surface area contributed by atoms with Crippen molar-refractivity contribution in [2.75, 3.05) is 0 Å². The summed E-state index contributed by atoms with van der Waals surface area (Å²) in [4.78, 5) is 26.6. The molecule has 0 spiro atoms. The van der Waals surface area contributed by atoms with E-state index in [2.05, 4.69) is 9.98 Å². The molecular weight excluding hydrogens is 471 g/mol. The first-order valence-electron chi connectivity index (χ1n) is 9.29. The predicted molar refractivity (Wildman–Crippen MR) is 119 cm³/mol. The van der Waals surface area contributed by atoms with Crippen LogP contribution in [0.2, 0.25) is 0 Å². The van der Waals surface area contributed by atoms with E-state index in [1.165, 1.54) is 0 Å². The monoisotopic (exact) mass is 493 g/mol. The van der Waals surface area contributed by atoms with Gasteiger partial charge in [0.1, 0.15) is 11.5 Å². The average molecular weight is 493 g/mol. The first-order valence-corrected chi connectivity index (χ1v) is 9.29. The third-order valence-corrected chi connectivity index (χ3v) is 3.44. The molecule has 0 heterocycles. The van der Waals surface area contributed by atoms with Gasteiger partial charge in [-0.1, -0.05) is 36.4 Å². The summed E-state index contributed by atoms with van der Waals surface area (Å²) in [6.45, 7) is 1.94. The Labute approximate surface area is 201 Å². The topological polar surface area (TPSA) is 145 Å². The van der Waals surface area contributed by atoms with Crippen LogP contribution in [0.3, 0.4) is 0 Å². The molecule has 0 unspecified atom stereocenters. The molecule has 173 valence electrons. The van der Waals surface area contributed by atoms with Gasteiger partial charge in [-0.05, 0) is 50.2 Å². The van der Waals surface area contributed by atoms with E-state index in [4.69, 9.17) is 19.8 Å². The Morgan fingerprint density at radius 2 is 0.939 bits per heavy atom. The van der Waals surface area contributed by atoms with E-state index in [1.54, 1.807) is 48.8 Å². The van der Waals surface area contributed by atoms with Crippen LogP contribution in [-0.2, 0) is 26.4 Å². The van der Waals surface area contributed by atoms with Gasteiger partial charge in [-0.25, -0.2) is 0 Å². The summed E-state index contributed by atoms with van der Waals surface area (Å²) in [7, 11) is 0. The molecule has 0 saturated heterocycles. The van der Waals surface area contributed by atoms with Crippen molar-refractivity contribution in [3.05, 3.63) is 83.9 Å². The van der Waals surface area contributed by atoms with E-state index in [9.17, 15) is 10.2 Å². The van der Waals surface area contributed by atoms with E-state index in [1.807, 2.05) is 36.4 Å².